The molecule has 2 heterocycles. The van der Waals surface area contributed by atoms with Gasteiger partial charge in [-0.2, -0.15) is 0 Å². The Morgan fingerprint density at radius 3 is 2.42 bits per heavy atom. The molecule has 5 heteroatoms. The van der Waals surface area contributed by atoms with Crippen molar-refractivity contribution >= 4 is 11.9 Å². The van der Waals surface area contributed by atoms with E-state index in [1.54, 1.807) is 12.4 Å². The van der Waals surface area contributed by atoms with Crippen molar-refractivity contribution in [3.63, 3.8) is 0 Å². The fraction of sp³-hybridized carbons (Fsp3) is 0.643. The fourth-order valence-electron chi connectivity index (χ4n) is 2.73. The number of aliphatic carboxylic acids is 1. The standard InChI is InChI=1S/C14H21N3O2/c1-3-4-14(12(18)19)5-7-17(8-6-14)13-15-9-11(2)10-16-13/h9-10H,3-8H2,1-2H3,(H,18,19). The fourth-order valence-corrected chi connectivity index (χ4v) is 2.73. The molecule has 1 N–H and O–H groups in total. The second-order valence-electron chi connectivity index (χ2n) is 5.38. The van der Waals surface area contributed by atoms with Crippen LogP contribution in [0.3, 0.4) is 0 Å². The van der Waals surface area contributed by atoms with Gasteiger partial charge in [-0.15, -0.1) is 0 Å². The molecule has 1 saturated heterocycles. The Balaban J connectivity index is 2.05. The molecular weight excluding hydrogens is 242 g/mol. The lowest BCUT2D eigenvalue weighted by Gasteiger charge is -2.38. The first kappa shape index (κ1) is 13.8. The van der Waals surface area contributed by atoms with Crippen LogP contribution in [0, 0.1) is 12.3 Å². The maximum absolute atomic E-state index is 11.5. The van der Waals surface area contributed by atoms with E-state index in [1.165, 1.54) is 0 Å². The van der Waals surface area contributed by atoms with Crippen LogP contribution in [0.25, 0.3) is 0 Å². The highest BCUT2D eigenvalue weighted by Crippen LogP contribution is 2.37. The summed E-state index contributed by atoms with van der Waals surface area (Å²) in [4.78, 5) is 22.2. The number of rotatable bonds is 4. The van der Waals surface area contributed by atoms with E-state index >= 15 is 0 Å². The Kier molecular flexibility index (Phi) is 4.02. The first-order valence-corrected chi connectivity index (χ1v) is 6.84. The van der Waals surface area contributed by atoms with Crippen LogP contribution in [0.15, 0.2) is 12.4 Å². The molecule has 0 aliphatic carbocycles. The summed E-state index contributed by atoms with van der Waals surface area (Å²) in [6, 6.07) is 0. The normalized spacial score (nSPS) is 18.3. The van der Waals surface area contributed by atoms with Gasteiger partial charge in [-0.25, -0.2) is 9.97 Å². The number of carboxylic acid groups (broad SMARTS) is 1. The van der Waals surface area contributed by atoms with E-state index in [9.17, 15) is 9.90 Å². The number of hydrogen-bond donors (Lipinski definition) is 1. The summed E-state index contributed by atoms with van der Waals surface area (Å²) in [5.74, 6) is 0.0555. The van der Waals surface area contributed by atoms with Crippen LogP contribution in [-0.4, -0.2) is 34.1 Å². The average Bonchev–Trinajstić information content (AvgIpc) is 2.41. The Morgan fingerprint density at radius 1 is 1.37 bits per heavy atom. The zero-order valence-electron chi connectivity index (χ0n) is 11.6. The number of piperidine rings is 1. The van der Waals surface area contributed by atoms with Crippen molar-refractivity contribution in [2.45, 2.75) is 39.5 Å². The summed E-state index contributed by atoms with van der Waals surface area (Å²) in [5, 5.41) is 9.46. The highest BCUT2D eigenvalue weighted by Gasteiger charge is 2.40. The van der Waals surface area contributed by atoms with Gasteiger partial charge in [-0.3, -0.25) is 4.79 Å². The molecule has 0 atom stereocenters. The molecule has 0 saturated carbocycles. The molecule has 19 heavy (non-hydrogen) atoms. The van der Waals surface area contributed by atoms with Gasteiger partial charge in [-0.05, 0) is 31.7 Å². The van der Waals surface area contributed by atoms with Crippen LogP contribution in [0.2, 0.25) is 0 Å². The van der Waals surface area contributed by atoms with Gasteiger partial charge in [0.15, 0.2) is 0 Å². The van der Waals surface area contributed by atoms with Gasteiger partial charge < -0.3 is 10.0 Å². The van der Waals surface area contributed by atoms with Gasteiger partial charge in [0.1, 0.15) is 0 Å². The molecule has 1 fully saturated rings. The number of aryl methyl sites for hydroxylation is 1. The molecule has 0 bridgehead atoms. The highest BCUT2D eigenvalue weighted by atomic mass is 16.4. The van der Waals surface area contributed by atoms with Crippen molar-refractivity contribution < 1.29 is 9.90 Å². The van der Waals surface area contributed by atoms with Crippen LogP contribution in [-0.2, 0) is 4.79 Å². The SMILES string of the molecule is CCCC1(C(=O)O)CCN(c2ncc(C)cn2)CC1. The van der Waals surface area contributed by atoms with Crippen molar-refractivity contribution in [3.8, 4) is 0 Å². The van der Waals surface area contributed by atoms with E-state index in [-0.39, 0.29) is 0 Å². The summed E-state index contributed by atoms with van der Waals surface area (Å²) >= 11 is 0. The summed E-state index contributed by atoms with van der Waals surface area (Å²) in [6.45, 7) is 5.43. The topological polar surface area (TPSA) is 66.3 Å². The number of hydrogen-bond acceptors (Lipinski definition) is 4. The Morgan fingerprint density at radius 2 is 1.95 bits per heavy atom. The minimum atomic E-state index is -0.654. The first-order chi connectivity index (χ1) is 9.07. The zero-order chi connectivity index (χ0) is 13.9. The molecular formula is C14H21N3O2. The third-order valence-corrected chi connectivity index (χ3v) is 3.95. The highest BCUT2D eigenvalue weighted by molar-refractivity contribution is 5.75. The van der Waals surface area contributed by atoms with Crippen molar-refractivity contribution in [3.05, 3.63) is 18.0 Å². The van der Waals surface area contributed by atoms with Crippen LogP contribution in [0.1, 0.15) is 38.2 Å². The number of nitrogens with zero attached hydrogens (tertiary/aromatic N) is 3. The predicted molar refractivity (Wildman–Crippen MR) is 73.2 cm³/mol. The van der Waals surface area contributed by atoms with Crippen molar-refractivity contribution in [1.29, 1.82) is 0 Å². The quantitative estimate of drug-likeness (QED) is 0.902. The molecule has 104 valence electrons. The molecule has 0 radical (unpaired) electrons. The monoisotopic (exact) mass is 263 g/mol. The van der Waals surface area contributed by atoms with Crippen LogP contribution in [0.5, 0.6) is 0 Å². The summed E-state index contributed by atoms with van der Waals surface area (Å²) in [7, 11) is 0. The van der Waals surface area contributed by atoms with Gasteiger partial charge in [0.25, 0.3) is 0 Å². The molecule has 0 spiro atoms. The second-order valence-corrected chi connectivity index (χ2v) is 5.38. The van der Waals surface area contributed by atoms with E-state index in [0.717, 1.165) is 31.5 Å². The Labute approximate surface area is 113 Å². The van der Waals surface area contributed by atoms with Crippen LogP contribution < -0.4 is 4.90 Å². The lowest BCUT2D eigenvalue weighted by molar-refractivity contribution is -0.150. The maximum Gasteiger partial charge on any atom is 0.309 e. The summed E-state index contributed by atoms with van der Waals surface area (Å²) in [5.41, 5.74) is 0.488. The Bertz CT molecular complexity index is 437. The van der Waals surface area contributed by atoms with E-state index in [2.05, 4.69) is 14.9 Å². The second kappa shape index (κ2) is 5.55. The number of anilines is 1. The van der Waals surface area contributed by atoms with E-state index in [4.69, 9.17) is 0 Å². The predicted octanol–water partition coefficient (Wildman–Crippen LogP) is 2.26. The average molecular weight is 263 g/mol. The number of carboxylic acids is 1. The van der Waals surface area contributed by atoms with E-state index in [0.29, 0.717) is 18.8 Å². The molecule has 0 aromatic carbocycles. The van der Waals surface area contributed by atoms with Gasteiger partial charge >= 0.3 is 5.97 Å². The first-order valence-electron chi connectivity index (χ1n) is 6.84. The van der Waals surface area contributed by atoms with Crippen molar-refractivity contribution in [1.82, 2.24) is 9.97 Å². The lowest BCUT2D eigenvalue weighted by Crippen LogP contribution is -2.45. The lowest BCUT2D eigenvalue weighted by atomic mass is 9.75. The van der Waals surface area contributed by atoms with E-state index < -0.39 is 11.4 Å². The van der Waals surface area contributed by atoms with Crippen LogP contribution in [0.4, 0.5) is 5.95 Å². The van der Waals surface area contributed by atoms with E-state index in [1.807, 2.05) is 13.8 Å². The van der Waals surface area contributed by atoms with Crippen molar-refractivity contribution in [2.24, 2.45) is 5.41 Å². The molecule has 2 rings (SSSR count). The van der Waals surface area contributed by atoms with Crippen molar-refractivity contribution in [2.75, 3.05) is 18.0 Å². The molecule has 1 aliphatic rings. The maximum atomic E-state index is 11.5. The minimum absolute atomic E-state index is 0.546. The Hall–Kier alpha value is -1.65. The van der Waals surface area contributed by atoms with Gasteiger partial charge in [0.05, 0.1) is 5.41 Å². The van der Waals surface area contributed by atoms with Crippen LogP contribution >= 0.6 is 0 Å². The van der Waals surface area contributed by atoms with Gasteiger partial charge in [0.2, 0.25) is 5.95 Å². The third kappa shape index (κ3) is 2.85. The molecule has 1 aromatic rings. The molecule has 1 aliphatic heterocycles. The largest absolute Gasteiger partial charge is 0.481 e. The third-order valence-electron chi connectivity index (χ3n) is 3.95. The summed E-state index contributed by atoms with van der Waals surface area (Å²) < 4.78 is 0. The minimum Gasteiger partial charge on any atom is -0.481 e. The molecule has 0 amide bonds. The van der Waals surface area contributed by atoms with Gasteiger partial charge in [-0.1, -0.05) is 13.3 Å². The molecule has 0 unspecified atom stereocenters. The number of aromatic nitrogens is 2. The molecule has 1 aromatic heterocycles. The zero-order valence-corrected chi connectivity index (χ0v) is 11.6. The molecule has 5 nitrogen and oxygen atoms in total. The number of carbonyl (C=O) groups is 1. The van der Waals surface area contributed by atoms with Gasteiger partial charge in [0, 0.05) is 25.5 Å². The summed E-state index contributed by atoms with van der Waals surface area (Å²) in [6.07, 6.45) is 6.61. The smallest absolute Gasteiger partial charge is 0.309 e.